The maximum absolute atomic E-state index is 12.1. The van der Waals surface area contributed by atoms with E-state index >= 15 is 0 Å². The van der Waals surface area contributed by atoms with E-state index in [0.29, 0.717) is 17.8 Å². The standard InChI is InChI=1S/C12H19N3O3S/c1-4-14-12(16)7-15-19(17,18)11-6-10(13)5-8(2)9(11)3/h5-6,15H,4,7,13H2,1-3H3,(H,14,16). The first-order valence-electron chi connectivity index (χ1n) is 5.91. The van der Waals surface area contributed by atoms with Crippen molar-refractivity contribution < 1.29 is 13.2 Å². The Bertz CT molecular complexity index is 582. The molecule has 1 amide bonds. The van der Waals surface area contributed by atoms with E-state index in [4.69, 9.17) is 5.73 Å². The number of carbonyl (C=O) groups excluding carboxylic acids is 1. The Kier molecular flexibility index (Phi) is 4.90. The first-order valence-corrected chi connectivity index (χ1v) is 7.39. The van der Waals surface area contributed by atoms with Gasteiger partial charge in [0.05, 0.1) is 11.4 Å². The number of likely N-dealkylation sites (N-methyl/N-ethyl adjacent to an activating group) is 1. The summed E-state index contributed by atoms with van der Waals surface area (Å²) in [7, 11) is -3.74. The summed E-state index contributed by atoms with van der Waals surface area (Å²) in [5, 5.41) is 2.52. The number of nitrogens with one attached hydrogen (secondary N) is 2. The van der Waals surface area contributed by atoms with Crippen molar-refractivity contribution in [3.63, 3.8) is 0 Å². The highest BCUT2D eigenvalue weighted by Crippen LogP contribution is 2.21. The second kappa shape index (κ2) is 6.03. The Morgan fingerprint density at radius 2 is 1.95 bits per heavy atom. The molecule has 1 rings (SSSR count). The van der Waals surface area contributed by atoms with Gasteiger partial charge in [0.25, 0.3) is 0 Å². The third kappa shape index (κ3) is 3.93. The quantitative estimate of drug-likeness (QED) is 0.677. The molecule has 0 aliphatic heterocycles. The van der Waals surface area contributed by atoms with Gasteiger partial charge in [0, 0.05) is 12.2 Å². The van der Waals surface area contributed by atoms with Crippen LogP contribution >= 0.6 is 0 Å². The normalized spacial score (nSPS) is 11.3. The van der Waals surface area contributed by atoms with E-state index in [0.717, 1.165) is 5.56 Å². The van der Waals surface area contributed by atoms with E-state index in [1.165, 1.54) is 6.07 Å². The van der Waals surface area contributed by atoms with Crippen LogP contribution in [0.15, 0.2) is 17.0 Å². The second-order valence-electron chi connectivity index (χ2n) is 4.24. The molecule has 0 atom stereocenters. The van der Waals surface area contributed by atoms with Crippen molar-refractivity contribution in [2.24, 2.45) is 0 Å². The zero-order chi connectivity index (χ0) is 14.6. The van der Waals surface area contributed by atoms with Gasteiger partial charge in [-0.05, 0) is 44.0 Å². The molecule has 0 saturated carbocycles. The number of hydrogen-bond donors (Lipinski definition) is 3. The predicted molar refractivity (Wildman–Crippen MR) is 74.2 cm³/mol. The van der Waals surface area contributed by atoms with E-state index in [1.807, 2.05) is 0 Å². The molecule has 0 saturated heterocycles. The summed E-state index contributed by atoms with van der Waals surface area (Å²) in [6.45, 7) is 5.42. The number of nitrogen functional groups attached to an aromatic ring is 1. The lowest BCUT2D eigenvalue weighted by Crippen LogP contribution is -2.37. The lowest BCUT2D eigenvalue weighted by atomic mass is 10.1. The monoisotopic (exact) mass is 285 g/mol. The van der Waals surface area contributed by atoms with Gasteiger partial charge in [-0.25, -0.2) is 13.1 Å². The van der Waals surface area contributed by atoms with E-state index in [1.54, 1.807) is 26.8 Å². The van der Waals surface area contributed by atoms with Crippen molar-refractivity contribution >= 4 is 21.6 Å². The fourth-order valence-corrected chi connectivity index (χ4v) is 2.96. The maximum atomic E-state index is 12.1. The minimum absolute atomic E-state index is 0.106. The molecule has 0 aromatic heterocycles. The first kappa shape index (κ1) is 15.5. The summed E-state index contributed by atoms with van der Waals surface area (Å²) >= 11 is 0. The molecular formula is C12H19N3O3S. The van der Waals surface area contributed by atoms with Gasteiger partial charge >= 0.3 is 0 Å². The largest absolute Gasteiger partial charge is 0.399 e. The fourth-order valence-electron chi connectivity index (χ4n) is 1.63. The average molecular weight is 285 g/mol. The number of hydrogen-bond acceptors (Lipinski definition) is 4. The highest BCUT2D eigenvalue weighted by atomic mass is 32.2. The Labute approximate surface area is 113 Å². The fraction of sp³-hybridized carbons (Fsp3) is 0.417. The number of carbonyl (C=O) groups is 1. The van der Waals surface area contributed by atoms with Crippen LogP contribution in [0.5, 0.6) is 0 Å². The third-order valence-electron chi connectivity index (χ3n) is 2.73. The Balaban J connectivity index is 2.98. The molecule has 0 radical (unpaired) electrons. The molecule has 0 bridgehead atoms. The zero-order valence-corrected chi connectivity index (χ0v) is 12.1. The summed E-state index contributed by atoms with van der Waals surface area (Å²) < 4.78 is 26.5. The van der Waals surface area contributed by atoms with Crippen LogP contribution in [0.2, 0.25) is 0 Å². The molecule has 1 aromatic rings. The van der Waals surface area contributed by atoms with Crippen LogP contribution in [0.4, 0.5) is 5.69 Å². The summed E-state index contributed by atoms with van der Waals surface area (Å²) in [6.07, 6.45) is 0. The van der Waals surface area contributed by atoms with Crippen LogP contribution in [0, 0.1) is 13.8 Å². The Hall–Kier alpha value is -1.60. The van der Waals surface area contributed by atoms with Crippen molar-refractivity contribution in [1.82, 2.24) is 10.0 Å². The molecule has 0 heterocycles. The van der Waals surface area contributed by atoms with Gasteiger partial charge in [-0.2, -0.15) is 0 Å². The van der Waals surface area contributed by atoms with Gasteiger partial charge in [0.1, 0.15) is 0 Å². The van der Waals surface area contributed by atoms with Crippen LogP contribution in [-0.4, -0.2) is 27.4 Å². The van der Waals surface area contributed by atoms with Crippen molar-refractivity contribution in [2.45, 2.75) is 25.7 Å². The van der Waals surface area contributed by atoms with Crippen LogP contribution in [0.1, 0.15) is 18.1 Å². The molecule has 6 nitrogen and oxygen atoms in total. The number of nitrogens with two attached hydrogens (primary N) is 1. The Morgan fingerprint density at radius 1 is 1.32 bits per heavy atom. The number of anilines is 1. The van der Waals surface area contributed by atoms with Gasteiger partial charge in [-0.1, -0.05) is 0 Å². The van der Waals surface area contributed by atoms with Gasteiger partial charge in [-0.3, -0.25) is 4.79 Å². The van der Waals surface area contributed by atoms with Crippen molar-refractivity contribution in [2.75, 3.05) is 18.8 Å². The van der Waals surface area contributed by atoms with E-state index in [2.05, 4.69) is 10.0 Å². The van der Waals surface area contributed by atoms with Gasteiger partial charge in [-0.15, -0.1) is 0 Å². The highest BCUT2D eigenvalue weighted by Gasteiger charge is 2.19. The molecule has 4 N–H and O–H groups in total. The molecule has 0 fully saturated rings. The van der Waals surface area contributed by atoms with Crippen molar-refractivity contribution in [1.29, 1.82) is 0 Å². The molecular weight excluding hydrogens is 266 g/mol. The number of sulfonamides is 1. The van der Waals surface area contributed by atoms with E-state index < -0.39 is 10.0 Å². The summed E-state index contributed by atoms with van der Waals surface area (Å²) in [6, 6.07) is 3.10. The smallest absolute Gasteiger partial charge is 0.241 e. The van der Waals surface area contributed by atoms with Gasteiger partial charge in [0.15, 0.2) is 0 Å². The van der Waals surface area contributed by atoms with E-state index in [-0.39, 0.29) is 17.3 Å². The molecule has 106 valence electrons. The molecule has 7 heteroatoms. The first-order chi connectivity index (χ1) is 8.77. The summed E-state index contributed by atoms with van der Waals surface area (Å²) in [4.78, 5) is 11.4. The predicted octanol–water partition coefficient (Wildman–Crippen LogP) is 0.300. The lowest BCUT2D eigenvalue weighted by Gasteiger charge is -2.12. The molecule has 0 aliphatic carbocycles. The molecule has 19 heavy (non-hydrogen) atoms. The molecule has 0 unspecified atom stereocenters. The zero-order valence-electron chi connectivity index (χ0n) is 11.3. The van der Waals surface area contributed by atoms with Crippen molar-refractivity contribution in [3.8, 4) is 0 Å². The van der Waals surface area contributed by atoms with Crippen molar-refractivity contribution in [3.05, 3.63) is 23.3 Å². The maximum Gasteiger partial charge on any atom is 0.241 e. The topological polar surface area (TPSA) is 101 Å². The van der Waals surface area contributed by atoms with E-state index in [9.17, 15) is 13.2 Å². The molecule has 0 aliphatic rings. The minimum Gasteiger partial charge on any atom is -0.399 e. The van der Waals surface area contributed by atoms with Crippen LogP contribution in [-0.2, 0) is 14.8 Å². The van der Waals surface area contributed by atoms with Crippen LogP contribution < -0.4 is 15.8 Å². The Morgan fingerprint density at radius 3 is 2.53 bits per heavy atom. The average Bonchev–Trinajstić information content (AvgIpc) is 2.31. The molecule has 0 spiro atoms. The summed E-state index contributed by atoms with van der Waals surface area (Å²) in [5.74, 6) is -0.371. The van der Waals surface area contributed by atoms with Gasteiger partial charge in [0.2, 0.25) is 15.9 Å². The van der Waals surface area contributed by atoms with Crippen LogP contribution in [0.25, 0.3) is 0 Å². The van der Waals surface area contributed by atoms with Crippen LogP contribution in [0.3, 0.4) is 0 Å². The number of aryl methyl sites for hydroxylation is 1. The number of benzene rings is 1. The second-order valence-corrected chi connectivity index (χ2v) is 5.97. The SMILES string of the molecule is CCNC(=O)CNS(=O)(=O)c1cc(N)cc(C)c1C. The van der Waals surface area contributed by atoms with Gasteiger partial charge < -0.3 is 11.1 Å². The summed E-state index contributed by atoms with van der Waals surface area (Å²) in [5.41, 5.74) is 7.45. The third-order valence-corrected chi connectivity index (χ3v) is 4.26. The number of rotatable bonds is 5. The molecule has 1 aromatic carbocycles. The number of amides is 1. The minimum atomic E-state index is -3.74. The highest BCUT2D eigenvalue weighted by molar-refractivity contribution is 7.89. The lowest BCUT2D eigenvalue weighted by molar-refractivity contribution is -0.119.